The van der Waals surface area contributed by atoms with E-state index < -0.39 is 11.7 Å². The van der Waals surface area contributed by atoms with Gasteiger partial charge in [0.05, 0.1) is 11.3 Å². The minimum atomic E-state index is -0.497. The lowest BCUT2D eigenvalue weighted by Gasteiger charge is -2.19. The molecular weight excluding hydrogens is 270 g/mol. The molecule has 0 unspecified atom stereocenters. The van der Waals surface area contributed by atoms with Crippen LogP contribution in [-0.2, 0) is 4.74 Å². The van der Waals surface area contributed by atoms with Gasteiger partial charge < -0.3 is 21.1 Å². The molecule has 0 fully saturated rings. The summed E-state index contributed by atoms with van der Waals surface area (Å²) in [7, 11) is 0. The summed E-state index contributed by atoms with van der Waals surface area (Å²) < 4.78 is 5.11. The molecule has 7 nitrogen and oxygen atoms in total. The smallest absolute Gasteiger partial charge is 0.407 e. The number of hydrogen-bond acceptors (Lipinski definition) is 6. The number of amides is 1. The number of nitrogens with two attached hydrogens (primary N) is 1. The third-order valence-corrected chi connectivity index (χ3v) is 2.36. The zero-order valence-corrected chi connectivity index (χ0v) is 12.6. The largest absolute Gasteiger partial charge is 0.444 e. The molecular formula is C14H21N5O2. The summed E-state index contributed by atoms with van der Waals surface area (Å²) in [5.41, 5.74) is 6.11. The van der Waals surface area contributed by atoms with Crippen molar-refractivity contribution in [1.29, 1.82) is 5.26 Å². The average Bonchev–Trinajstić information content (AvgIpc) is 2.37. The van der Waals surface area contributed by atoms with Crippen LogP contribution in [-0.4, -0.2) is 29.8 Å². The van der Waals surface area contributed by atoms with Gasteiger partial charge in [0.15, 0.2) is 0 Å². The number of alkyl carbamates (subject to hydrolysis) is 1. The molecule has 0 saturated heterocycles. The Morgan fingerprint density at radius 2 is 2.19 bits per heavy atom. The molecule has 0 atom stereocenters. The molecule has 0 aliphatic carbocycles. The van der Waals surface area contributed by atoms with Crippen molar-refractivity contribution >= 4 is 17.6 Å². The summed E-state index contributed by atoms with van der Waals surface area (Å²) in [6.07, 6.45) is 1.72. The number of nitriles is 1. The number of ether oxygens (including phenoxy) is 1. The fourth-order valence-corrected chi connectivity index (χ4v) is 1.49. The summed E-state index contributed by atoms with van der Waals surface area (Å²) in [5, 5.41) is 14.4. The first-order valence-corrected chi connectivity index (χ1v) is 6.68. The van der Waals surface area contributed by atoms with Crippen LogP contribution in [0.1, 0.15) is 32.8 Å². The molecule has 4 N–H and O–H groups in total. The number of carbonyl (C=O) groups excluding carboxylic acids is 1. The number of carbonyl (C=O) groups is 1. The lowest BCUT2D eigenvalue weighted by atomic mass is 10.2. The Morgan fingerprint density at radius 1 is 1.48 bits per heavy atom. The maximum atomic E-state index is 11.4. The highest BCUT2D eigenvalue weighted by atomic mass is 16.6. The molecule has 1 heterocycles. The number of anilines is 2. The molecule has 1 aromatic rings. The minimum Gasteiger partial charge on any atom is -0.444 e. The van der Waals surface area contributed by atoms with Gasteiger partial charge in [-0.2, -0.15) is 5.26 Å². The predicted octanol–water partition coefficient (Wildman–Crippen LogP) is 1.86. The van der Waals surface area contributed by atoms with Crippen molar-refractivity contribution in [2.75, 3.05) is 24.1 Å². The molecule has 114 valence electrons. The van der Waals surface area contributed by atoms with Crippen LogP contribution in [0.4, 0.5) is 16.3 Å². The Labute approximate surface area is 124 Å². The Bertz CT molecular complexity index is 531. The van der Waals surface area contributed by atoms with E-state index in [1.54, 1.807) is 6.07 Å². The molecule has 7 heteroatoms. The van der Waals surface area contributed by atoms with Crippen molar-refractivity contribution in [1.82, 2.24) is 10.3 Å². The third-order valence-electron chi connectivity index (χ3n) is 2.36. The first kappa shape index (κ1) is 16.6. The van der Waals surface area contributed by atoms with Gasteiger partial charge in [0.2, 0.25) is 0 Å². The van der Waals surface area contributed by atoms with E-state index in [0.29, 0.717) is 36.6 Å². The highest BCUT2D eigenvalue weighted by Gasteiger charge is 2.15. The standard InChI is InChI=1S/C14H21N5O2/c1-14(2,3)21-13(20)18-6-4-5-17-12-11(16)7-10(8-15)9-19-12/h7,9H,4-6,16H2,1-3H3,(H,17,19)(H,18,20). The van der Waals surface area contributed by atoms with E-state index in [4.69, 9.17) is 15.7 Å². The summed E-state index contributed by atoms with van der Waals surface area (Å²) in [4.78, 5) is 15.5. The SMILES string of the molecule is CC(C)(C)OC(=O)NCCCNc1ncc(C#N)cc1N. The van der Waals surface area contributed by atoms with Gasteiger partial charge in [-0.15, -0.1) is 0 Å². The molecule has 1 aromatic heterocycles. The summed E-state index contributed by atoms with van der Waals surface area (Å²) in [5.74, 6) is 0.534. The zero-order chi connectivity index (χ0) is 15.9. The molecule has 0 aliphatic heterocycles. The van der Waals surface area contributed by atoms with E-state index in [1.807, 2.05) is 26.8 Å². The molecule has 0 aromatic carbocycles. The van der Waals surface area contributed by atoms with Gasteiger partial charge in [-0.25, -0.2) is 9.78 Å². The fraction of sp³-hybridized carbons (Fsp3) is 0.500. The van der Waals surface area contributed by atoms with Crippen LogP contribution >= 0.6 is 0 Å². The van der Waals surface area contributed by atoms with E-state index >= 15 is 0 Å². The second-order valence-electron chi connectivity index (χ2n) is 5.48. The molecule has 0 spiro atoms. The van der Waals surface area contributed by atoms with Crippen molar-refractivity contribution in [2.24, 2.45) is 0 Å². The van der Waals surface area contributed by atoms with Gasteiger partial charge in [-0.05, 0) is 33.3 Å². The van der Waals surface area contributed by atoms with Gasteiger partial charge in [0, 0.05) is 19.3 Å². The molecule has 0 bridgehead atoms. The van der Waals surface area contributed by atoms with E-state index in [2.05, 4.69) is 15.6 Å². The summed E-state index contributed by atoms with van der Waals surface area (Å²) >= 11 is 0. The molecule has 0 radical (unpaired) electrons. The molecule has 0 aliphatic rings. The molecule has 21 heavy (non-hydrogen) atoms. The Morgan fingerprint density at radius 3 is 2.76 bits per heavy atom. The first-order valence-electron chi connectivity index (χ1n) is 6.68. The van der Waals surface area contributed by atoms with Crippen molar-refractivity contribution in [3.05, 3.63) is 17.8 Å². The van der Waals surface area contributed by atoms with Gasteiger partial charge >= 0.3 is 6.09 Å². The zero-order valence-electron chi connectivity index (χ0n) is 12.6. The number of nitrogens with one attached hydrogen (secondary N) is 2. The highest BCUT2D eigenvalue weighted by molar-refractivity contribution is 5.67. The molecule has 0 saturated carbocycles. The van der Waals surface area contributed by atoms with Crippen LogP contribution in [0.5, 0.6) is 0 Å². The highest BCUT2D eigenvalue weighted by Crippen LogP contribution is 2.15. The number of rotatable bonds is 5. The first-order chi connectivity index (χ1) is 9.81. The van der Waals surface area contributed by atoms with E-state index in [9.17, 15) is 4.79 Å². The van der Waals surface area contributed by atoms with Gasteiger partial charge in [0.1, 0.15) is 17.5 Å². The minimum absolute atomic E-state index is 0.421. The monoisotopic (exact) mass is 291 g/mol. The van der Waals surface area contributed by atoms with Crippen molar-refractivity contribution in [3.63, 3.8) is 0 Å². The number of nitrogen functional groups attached to an aromatic ring is 1. The van der Waals surface area contributed by atoms with E-state index in [1.165, 1.54) is 6.20 Å². The van der Waals surface area contributed by atoms with E-state index in [0.717, 1.165) is 0 Å². The number of nitrogens with zero attached hydrogens (tertiary/aromatic N) is 2. The predicted molar refractivity (Wildman–Crippen MR) is 80.7 cm³/mol. The van der Waals surface area contributed by atoms with Crippen LogP contribution < -0.4 is 16.4 Å². The second kappa shape index (κ2) is 7.33. The maximum absolute atomic E-state index is 11.4. The summed E-state index contributed by atoms with van der Waals surface area (Å²) in [6, 6.07) is 3.53. The van der Waals surface area contributed by atoms with Crippen molar-refractivity contribution < 1.29 is 9.53 Å². The number of pyridine rings is 1. The van der Waals surface area contributed by atoms with Crippen molar-refractivity contribution in [2.45, 2.75) is 32.8 Å². The van der Waals surface area contributed by atoms with Crippen LogP contribution in [0.15, 0.2) is 12.3 Å². The fourth-order valence-electron chi connectivity index (χ4n) is 1.49. The van der Waals surface area contributed by atoms with Crippen molar-refractivity contribution in [3.8, 4) is 6.07 Å². The second-order valence-corrected chi connectivity index (χ2v) is 5.48. The Balaban J connectivity index is 2.26. The normalized spacial score (nSPS) is 10.6. The molecule has 1 amide bonds. The lowest BCUT2D eigenvalue weighted by molar-refractivity contribution is 0.0528. The van der Waals surface area contributed by atoms with Gasteiger partial charge in [0.25, 0.3) is 0 Å². The van der Waals surface area contributed by atoms with Crippen LogP contribution in [0.25, 0.3) is 0 Å². The third kappa shape index (κ3) is 6.47. The van der Waals surface area contributed by atoms with E-state index in [-0.39, 0.29) is 0 Å². The van der Waals surface area contributed by atoms with Crippen LogP contribution in [0.2, 0.25) is 0 Å². The Hall–Kier alpha value is -2.49. The van der Waals surface area contributed by atoms with Gasteiger partial charge in [-0.1, -0.05) is 0 Å². The summed E-state index contributed by atoms with van der Waals surface area (Å²) in [6.45, 7) is 6.52. The van der Waals surface area contributed by atoms with Gasteiger partial charge in [-0.3, -0.25) is 0 Å². The molecule has 1 rings (SSSR count). The number of aromatic nitrogens is 1. The lowest BCUT2D eigenvalue weighted by Crippen LogP contribution is -2.33. The topological polar surface area (TPSA) is 113 Å². The van der Waals surface area contributed by atoms with Crippen LogP contribution in [0, 0.1) is 11.3 Å². The quantitative estimate of drug-likeness (QED) is 0.714. The van der Waals surface area contributed by atoms with Crippen LogP contribution in [0.3, 0.4) is 0 Å². The number of hydrogen-bond donors (Lipinski definition) is 3. The average molecular weight is 291 g/mol. The maximum Gasteiger partial charge on any atom is 0.407 e. The Kier molecular flexibility index (Phi) is 5.79.